The quantitative estimate of drug-likeness (QED) is 0.349. The maximum Gasteiger partial charge on any atom is 0.243 e. The van der Waals surface area contributed by atoms with E-state index in [1.807, 2.05) is 13.8 Å². The van der Waals surface area contributed by atoms with Gasteiger partial charge in [0.1, 0.15) is 12.0 Å². The zero-order valence-corrected chi connectivity index (χ0v) is 24.8. The highest BCUT2D eigenvalue weighted by molar-refractivity contribution is 7.89. The number of aromatic amines is 1. The predicted octanol–water partition coefficient (Wildman–Crippen LogP) is 1.78. The molecule has 14 heteroatoms. The van der Waals surface area contributed by atoms with Crippen molar-refractivity contribution in [1.82, 2.24) is 43.9 Å². The number of nitrogens with zero attached hydrogens (tertiary/aromatic N) is 8. The van der Waals surface area contributed by atoms with E-state index in [0.717, 1.165) is 44.8 Å². The summed E-state index contributed by atoms with van der Waals surface area (Å²) in [7, 11) is -3.29. The fourth-order valence-electron chi connectivity index (χ4n) is 5.50. The molecule has 2 N–H and O–H groups in total. The molecule has 0 radical (unpaired) electrons. The van der Waals surface area contributed by atoms with Crippen molar-refractivity contribution in [1.29, 1.82) is 0 Å². The van der Waals surface area contributed by atoms with Crippen molar-refractivity contribution in [2.24, 2.45) is 5.92 Å². The number of sulfonamides is 1. The number of likely N-dealkylation sites (N-methyl/N-ethyl adjacent to an activating group) is 1. The molecular formula is C26H42N10O3S. The fourth-order valence-corrected chi connectivity index (χ4v) is 7.09. The molecule has 2 aliphatic rings. The van der Waals surface area contributed by atoms with E-state index in [2.05, 4.69) is 49.2 Å². The molecule has 13 nitrogen and oxygen atoms in total. The molecule has 2 saturated heterocycles. The van der Waals surface area contributed by atoms with Gasteiger partial charge in [-0.05, 0) is 45.7 Å². The Labute approximate surface area is 236 Å². The van der Waals surface area contributed by atoms with Gasteiger partial charge < -0.3 is 19.9 Å². The van der Waals surface area contributed by atoms with E-state index >= 15 is 0 Å². The third-order valence-corrected chi connectivity index (χ3v) is 9.76. The van der Waals surface area contributed by atoms with E-state index in [0.29, 0.717) is 49.0 Å². The summed E-state index contributed by atoms with van der Waals surface area (Å²) in [4.78, 5) is 14.1. The minimum atomic E-state index is -3.29. The van der Waals surface area contributed by atoms with Crippen LogP contribution >= 0.6 is 0 Å². The van der Waals surface area contributed by atoms with Gasteiger partial charge in [0.05, 0.1) is 18.1 Å². The first-order valence-electron chi connectivity index (χ1n) is 14.3. The second kappa shape index (κ2) is 12.4. The van der Waals surface area contributed by atoms with Crippen LogP contribution in [0, 0.1) is 5.92 Å². The average Bonchev–Trinajstić information content (AvgIpc) is 3.60. The highest BCUT2D eigenvalue weighted by Crippen LogP contribution is 2.32. The Bertz CT molecular complexity index is 1350. The van der Waals surface area contributed by atoms with Gasteiger partial charge in [0.25, 0.3) is 0 Å². The van der Waals surface area contributed by atoms with E-state index in [9.17, 15) is 8.42 Å². The van der Waals surface area contributed by atoms with Crippen LogP contribution in [0.3, 0.4) is 0 Å². The van der Waals surface area contributed by atoms with Gasteiger partial charge >= 0.3 is 0 Å². The van der Waals surface area contributed by atoms with Crippen LogP contribution in [0.25, 0.3) is 16.9 Å². The molecule has 0 aliphatic carbocycles. The lowest BCUT2D eigenvalue weighted by molar-refractivity contribution is 0.137. The molecule has 0 aromatic carbocycles. The van der Waals surface area contributed by atoms with Crippen LogP contribution < -0.4 is 10.1 Å². The second-order valence-corrected chi connectivity index (χ2v) is 13.2. The third kappa shape index (κ3) is 6.56. The van der Waals surface area contributed by atoms with Crippen LogP contribution in [0.5, 0.6) is 5.75 Å². The lowest BCUT2D eigenvalue weighted by atomic mass is 9.95. The Balaban J connectivity index is 1.19. The minimum Gasteiger partial charge on any atom is -0.485 e. The largest absolute Gasteiger partial charge is 0.485 e. The van der Waals surface area contributed by atoms with Crippen LogP contribution in [-0.4, -0.2) is 123 Å². The van der Waals surface area contributed by atoms with Crippen molar-refractivity contribution in [2.45, 2.75) is 52.7 Å². The first kappa shape index (κ1) is 28.7. The molecule has 5 rings (SSSR count). The van der Waals surface area contributed by atoms with Gasteiger partial charge in [-0.3, -0.25) is 5.10 Å². The molecule has 2 fully saturated rings. The van der Waals surface area contributed by atoms with Crippen molar-refractivity contribution in [2.75, 3.05) is 63.4 Å². The molecule has 0 spiro atoms. The molecule has 3 aromatic rings. The smallest absolute Gasteiger partial charge is 0.243 e. The average molecular weight is 575 g/mol. The van der Waals surface area contributed by atoms with Crippen molar-refractivity contribution in [3.8, 4) is 17.0 Å². The minimum absolute atomic E-state index is 0.0505. The molecule has 40 heavy (non-hydrogen) atoms. The molecule has 5 heterocycles. The monoisotopic (exact) mass is 574 g/mol. The molecule has 0 unspecified atom stereocenters. The molecule has 0 saturated carbocycles. The Kier molecular flexibility index (Phi) is 8.88. The van der Waals surface area contributed by atoms with Crippen molar-refractivity contribution < 1.29 is 13.2 Å². The Hall–Kier alpha value is -2.81. The number of ether oxygens (including phenoxy) is 1. The summed E-state index contributed by atoms with van der Waals surface area (Å²) >= 11 is 0. The van der Waals surface area contributed by atoms with Crippen LogP contribution in [0.2, 0.25) is 0 Å². The highest BCUT2D eigenvalue weighted by atomic mass is 32.2. The fraction of sp³-hybridized carbons (Fsp3) is 0.692. The molecule has 220 valence electrons. The molecule has 2 aliphatic heterocycles. The Morgan fingerprint density at radius 3 is 2.62 bits per heavy atom. The van der Waals surface area contributed by atoms with E-state index in [-0.39, 0.29) is 23.8 Å². The number of aromatic nitrogens is 6. The van der Waals surface area contributed by atoms with Crippen LogP contribution in [-0.2, 0) is 10.0 Å². The van der Waals surface area contributed by atoms with Gasteiger partial charge in [-0.1, -0.05) is 13.8 Å². The van der Waals surface area contributed by atoms with Crippen molar-refractivity contribution >= 4 is 21.6 Å². The van der Waals surface area contributed by atoms with Gasteiger partial charge in [-0.25, -0.2) is 17.7 Å². The number of piperazine rings is 1. The molecule has 0 bridgehead atoms. The number of piperidine rings is 1. The number of anilines is 1. The van der Waals surface area contributed by atoms with E-state index in [1.54, 1.807) is 27.5 Å². The maximum absolute atomic E-state index is 13.1. The maximum atomic E-state index is 13.1. The summed E-state index contributed by atoms with van der Waals surface area (Å²) in [5, 5.41) is 14.9. The number of fused-ring (bicyclic) bond motifs is 1. The van der Waals surface area contributed by atoms with Gasteiger partial charge in [0.15, 0.2) is 5.75 Å². The zero-order chi connectivity index (χ0) is 28.3. The Morgan fingerprint density at radius 1 is 1.18 bits per heavy atom. The van der Waals surface area contributed by atoms with Crippen LogP contribution in [0.1, 0.15) is 40.5 Å². The van der Waals surface area contributed by atoms with Gasteiger partial charge in [-0.15, -0.1) is 5.10 Å². The summed E-state index contributed by atoms with van der Waals surface area (Å²) in [5.41, 5.74) is 2.01. The van der Waals surface area contributed by atoms with Crippen molar-refractivity contribution in [3.63, 3.8) is 0 Å². The normalized spacial score (nSPS) is 21.8. The Morgan fingerprint density at radius 2 is 1.95 bits per heavy atom. The molecule has 2 atom stereocenters. The van der Waals surface area contributed by atoms with E-state index < -0.39 is 10.0 Å². The van der Waals surface area contributed by atoms with Gasteiger partial charge in [0.2, 0.25) is 21.6 Å². The SMILES string of the molecule is CCN1CCN(CCCS(=O)(=O)N2CC[C@H](Nc3nc4c(OC(C)C)c(-c5cn[nH]c5)ncn4n3)[C@H](C)C2)CC1. The number of H-pyrrole nitrogens is 1. The van der Waals surface area contributed by atoms with Crippen molar-refractivity contribution in [3.05, 3.63) is 18.7 Å². The lowest BCUT2D eigenvalue weighted by Crippen LogP contribution is -2.49. The predicted molar refractivity (Wildman–Crippen MR) is 154 cm³/mol. The van der Waals surface area contributed by atoms with Crippen LogP contribution in [0.15, 0.2) is 18.7 Å². The number of hydrogen-bond donors (Lipinski definition) is 2. The lowest BCUT2D eigenvalue weighted by Gasteiger charge is -2.36. The van der Waals surface area contributed by atoms with E-state index in [1.165, 1.54) is 0 Å². The summed E-state index contributed by atoms with van der Waals surface area (Å²) in [5.74, 6) is 1.31. The first-order chi connectivity index (χ1) is 19.2. The first-order valence-corrected chi connectivity index (χ1v) is 15.9. The molecule has 3 aromatic heterocycles. The second-order valence-electron chi connectivity index (χ2n) is 11.1. The summed E-state index contributed by atoms with van der Waals surface area (Å²) in [6, 6.07) is 0.0505. The van der Waals surface area contributed by atoms with Gasteiger partial charge in [0, 0.05) is 57.1 Å². The summed E-state index contributed by atoms with van der Waals surface area (Å²) in [6.45, 7) is 15.2. The number of rotatable bonds is 11. The van der Waals surface area contributed by atoms with E-state index in [4.69, 9.17) is 9.72 Å². The topological polar surface area (TPSA) is 137 Å². The van der Waals surface area contributed by atoms with Crippen LogP contribution in [0.4, 0.5) is 5.95 Å². The number of nitrogens with one attached hydrogen (secondary N) is 2. The molecular weight excluding hydrogens is 532 g/mol. The summed E-state index contributed by atoms with van der Waals surface area (Å²) in [6.07, 6.45) is 6.34. The zero-order valence-electron chi connectivity index (χ0n) is 24.0. The summed E-state index contributed by atoms with van der Waals surface area (Å²) < 4.78 is 35.6. The standard InChI is InChI=1S/C26H42N10O3S/c1-5-33-10-12-34(13-11-33)8-6-14-40(37,38)35-9-7-22(20(4)17-35)30-26-31-25-24(39-19(2)3)23(21-15-28-29-16-21)27-18-36(25)32-26/h15-16,18-20,22H,5-14,17H2,1-4H3,(H,28,29)(H,30,32)/t20-,22+/m1/s1. The third-order valence-electron chi connectivity index (χ3n) is 7.84. The highest BCUT2D eigenvalue weighted by Gasteiger charge is 2.33. The van der Waals surface area contributed by atoms with Gasteiger partial charge in [-0.2, -0.15) is 14.6 Å². The molecule has 0 amide bonds. The number of hydrogen-bond acceptors (Lipinski definition) is 10.